The SMILES string of the molecule is CCCC(NCC1CCC2(CCCCC2)O1)C(=O)O. The van der Waals surface area contributed by atoms with Crippen molar-refractivity contribution in [3.05, 3.63) is 0 Å². The van der Waals surface area contributed by atoms with Gasteiger partial charge < -0.3 is 15.2 Å². The van der Waals surface area contributed by atoms with E-state index in [1.165, 1.54) is 32.1 Å². The maximum Gasteiger partial charge on any atom is 0.320 e. The van der Waals surface area contributed by atoms with Crippen LogP contribution < -0.4 is 5.32 Å². The summed E-state index contributed by atoms with van der Waals surface area (Å²) in [5, 5.41) is 12.3. The molecule has 4 heteroatoms. The van der Waals surface area contributed by atoms with Crippen LogP contribution in [0.4, 0.5) is 0 Å². The molecule has 1 spiro atoms. The molecule has 4 nitrogen and oxygen atoms in total. The lowest BCUT2D eigenvalue weighted by Gasteiger charge is -2.33. The van der Waals surface area contributed by atoms with Gasteiger partial charge in [-0.1, -0.05) is 32.6 Å². The van der Waals surface area contributed by atoms with E-state index in [4.69, 9.17) is 9.84 Å². The molecule has 1 aliphatic carbocycles. The highest BCUT2D eigenvalue weighted by atomic mass is 16.5. The molecule has 2 atom stereocenters. The third-order valence-corrected chi connectivity index (χ3v) is 4.57. The van der Waals surface area contributed by atoms with E-state index in [2.05, 4.69) is 5.32 Å². The van der Waals surface area contributed by atoms with Gasteiger partial charge in [-0.2, -0.15) is 0 Å². The van der Waals surface area contributed by atoms with Crippen LogP contribution in [0.25, 0.3) is 0 Å². The van der Waals surface area contributed by atoms with E-state index in [0.717, 1.165) is 19.3 Å². The lowest BCUT2D eigenvalue weighted by molar-refractivity contribution is -0.139. The third-order valence-electron chi connectivity index (χ3n) is 4.57. The second kappa shape index (κ2) is 6.71. The lowest BCUT2D eigenvalue weighted by atomic mass is 9.83. The van der Waals surface area contributed by atoms with Crippen molar-refractivity contribution in [2.45, 2.75) is 82.5 Å². The predicted octanol–water partition coefficient (Wildman–Crippen LogP) is 2.71. The second-order valence-corrected chi connectivity index (χ2v) is 6.11. The smallest absolute Gasteiger partial charge is 0.320 e. The predicted molar refractivity (Wildman–Crippen MR) is 74.3 cm³/mol. The van der Waals surface area contributed by atoms with Gasteiger partial charge in [-0.15, -0.1) is 0 Å². The number of carboxylic acids is 1. The van der Waals surface area contributed by atoms with Crippen molar-refractivity contribution < 1.29 is 14.6 Å². The van der Waals surface area contributed by atoms with Crippen LogP contribution >= 0.6 is 0 Å². The number of rotatable bonds is 6. The van der Waals surface area contributed by atoms with Gasteiger partial charge in [0, 0.05) is 6.54 Å². The zero-order valence-electron chi connectivity index (χ0n) is 12.0. The summed E-state index contributed by atoms with van der Waals surface area (Å²) in [5.74, 6) is -0.743. The average Bonchev–Trinajstić information content (AvgIpc) is 2.78. The molecule has 0 aromatic rings. The summed E-state index contributed by atoms with van der Waals surface area (Å²) in [5.41, 5.74) is 0.133. The Balaban J connectivity index is 1.76. The Morgan fingerprint density at radius 1 is 1.37 bits per heavy atom. The molecular weight excluding hydrogens is 242 g/mol. The van der Waals surface area contributed by atoms with Crippen molar-refractivity contribution in [3.8, 4) is 0 Å². The van der Waals surface area contributed by atoms with Crippen LogP contribution in [-0.2, 0) is 9.53 Å². The van der Waals surface area contributed by atoms with Gasteiger partial charge in [-0.05, 0) is 32.1 Å². The van der Waals surface area contributed by atoms with Crippen LogP contribution in [-0.4, -0.2) is 35.4 Å². The first-order valence-electron chi connectivity index (χ1n) is 7.79. The summed E-state index contributed by atoms with van der Waals surface area (Å²) in [6, 6.07) is -0.420. The van der Waals surface area contributed by atoms with Crippen LogP contribution in [0.2, 0.25) is 0 Å². The summed E-state index contributed by atoms with van der Waals surface area (Å²) in [6.07, 6.45) is 10.3. The Morgan fingerprint density at radius 3 is 2.74 bits per heavy atom. The monoisotopic (exact) mass is 269 g/mol. The van der Waals surface area contributed by atoms with Crippen molar-refractivity contribution in [1.29, 1.82) is 0 Å². The van der Waals surface area contributed by atoms with Gasteiger partial charge in [0.2, 0.25) is 0 Å². The summed E-state index contributed by atoms with van der Waals surface area (Å²) >= 11 is 0. The minimum Gasteiger partial charge on any atom is -0.480 e. The first-order chi connectivity index (χ1) is 9.15. The van der Waals surface area contributed by atoms with E-state index in [1.807, 2.05) is 6.92 Å². The third kappa shape index (κ3) is 3.93. The van der Waals surface area contributed by atoms with Crippen LogP contribution in [0.15, 0.2) is 0 Å². The van der Waals surface area contributed by atoms with Crippen LogP contribution in [0.5, 0.6) is 0 Å². The molecule has 110 valence electrons. The molecule has 2 aliphatic rings. The zero-order valence-corrected chi connectivity index (χ0v) is 12.0. The molecule has 0 radical (unpaired) electrons. The van der Waals surface area contributed by atoms with E-state index in [1.54, 1.807) is 0 Å². The first kappa shape index (κ1) is 14.8. The Kier molecular flexibility index (Phi) is 5.22. The summed E-state index contributed by atoms with van der Waals surface area (Å²) in [4.78, 5) is 11.1. The number of hydrogen-bond acceptors (Lipinski definition) is 3. The number of nitrogens with one attached hydrogen (secondary N) is 1. The Morgan fingerprint density at radius 2 is 2.11 bits per heavy atom. The van der Waals surface area contributed by atoms with E-state index < -0.39 is 12.0 Å². The molecule has 0 bridgehead atoms. The number of carboxylic acid groups (broad SMARTS) is 1. The minimum atomic E-state index is -0.743. The highest BCUT2D eigenvalue weighted by molar-refractivity contribution is 5.73. The van der Waals surface area contributed by atoms with Gasteiger partial charge in [0.1, 0.15) is 6.04 Å². The van der Waals surface area contributed by atoms with Gasteiger partial charge in [-0.25, -0.2) is 0 Å². The van der Waals surface area contributed by atoms with Crippen LogP contribution in [0.3, 0.4) is 0 Å². The Labute approximate surface area is 115 Å². The molecule has 1 saturated carbocycles. The molecule has 2 fully saturated rings. The molecule has 1 aliphatic heterocycles. The van der Waals surface area contributed by atoms with E-state index in [0.29, 0.717) is 13.0 Å². The van der Waals surface area contributed by atoms with Crippen molar-refractivity contribution in [2.24, 2.45) is 0 Å². The largest absolute Gasteiger partial charge is 0.480 e. The molecule has 0 aromatic heterocycles. The standard InChI is InChI=1S/C15H27NO3/c1-2-6-13(14(17)18)16-11-12-7-10-15(19-12)8-4-3-5-9-15/h12-13,16H,2-11H2,1H3,(H,17,18). The molecular formula is C15H27NO3. The normalized spacial score (nSPS) is 27.5. The minimum absolute atomic E-state index is 0.133. The van der Waals surface area contributed by atoms with E-state index in [-0.39, 0.29) is 11.7 Å². The molecule has 2 unspecified atom stereocenters. The van der Waals surface area contributed by atoms with Crippen molar-refractivity contribution >= 4 is 5.97 Å². The molecule has 2 N–H and O–H groups in total. The summed E-state index contributed by atoms with van der Waals surface area (Å²) in [7, 11) is 0. The van der Waals surface area contributed by atoms with Crippen molar-refractivity contribution in [2.75, 3.05) is 6.54 Å². The molecule has 2 rings (SSSR count). The Bertz CT molecular complexity index is 300. The first-order valence-corrected chi connectivity index (χ1v) is 7.79. The maximum absolute atomic E-state index is 11.1. The molecule has 19 heavy (non-hydrogen) atoms. The van der Waals surface area contributed by atoms with Gasteiger partial charge in [0.15, 0.2) is 0 Å². The van der Waals surface area contributed by atoms with Gasteiger partial charge in [0.05, 0.1) is 11.7 Å². The quantitative estimate of drug-likeness (QED) is 0.778. The number of ether oxygens (including phenoxy) is 1. The van der Waals surface area contributed by atoms with Gasteiger partial charge in [0.25, 0.3) is 0 Å². The van der Waals surface area contributed by atoms with Crippen molar-refractivity contribution in [1.82, 2.24) is 5.32 Å². The summed E-state index contributed by atoms with van der Waals surface area (Å²) < 4.78 is 6.24. The highest BCUT2D eigenvalue weighted by Gasteiger charge is 2.40. The van der Waals surface area contributed by atoms with E-state index >= 15 is 0 Å². The fourth-order valence-electron chi connectivity index (χ4n) is 3.48. The van der Waals surface area contributed by atoms with Gasteiger partial charge in [-0.3, -0.25) is 4.79 Å². The zero-order chi connectivity index (χ0) is 13.7. The molecule has 1 heterocycles. The number of hydrogen-bond donors (Lipinski definition) is 2. The fourth-order valence-corrected chi connectivity index (χ4v) is 3.48. The van der Waals surface area contributed by atoms with Crippen LogP contribution in [0.1, 0.15) is 64.7 Å². The second-order valence-electron chi connectivity index (χ2n) is 6.11. The number of aliphatic carboxylic acids is 1. The van der Waals surface area contributed by atoms with Crippen LogP contribution in [0, 0.1) is 0 Å². The average molecular weight is 269 g/mol. The molecule has 0 amide bonds. The Hall–Kier alpha value is -0.610. The molecule has 1 saturated heterocycles. The molecule has 0 aromatic carbocycles. The fraction of sp³-hybridized carbons (Fsp3) is 0.933. The highest BCUT2D eigenvalue weighted by Crippen LogP contribution is 2.41. The van der Waals surface area contributed by atoms with Crippen molar-refractivity contribution in [3.63, 3.8) is 0 Å². The van der Waals surface area contributed by atoms with E-state index in [9.17, 15) is 4.79 Å². The summed E-state index contributed by atoms with van der Waals surface area (Å²) in [6.45, 7) is 2.69. The maximum atomic E-state index is 11.1. The number of carbonyl (C=O) groups is 1. The lowest BCUT2D eigenvalue weighted by Crippen LogP contribution is -2.42. The van der Waals surface area contributed by atoms with Gasteiger partial charge >= 0.3 is 5.97 Å². The topological polar surface area (TPSA) is 58.6 Å².